The van der Waals surface area contributed by atoms with E-state index < -0.39 is 0 Å². The van der Waals surface area contributed by atoms with Crippen molar-refractivity contribution in [3.63, 3.8) is 0 Å². The first-order valence-electron chi connectivity index (χ1n) is 6.63. The lowest BCUT2D eigenvalue weighted by atomic mass is 10.1. The molecule has 1 heterocycles. The molecular weight excluding hydrogens is 264 g/mol. The highest BCUT2D eigenvalue weighted by Crippen LogP contribution is 2.27. The molecule has 0 atom stereocenters. The number of rotatable bonds is 2. The van der Waals surface area contributed by atoms with Gasteiger partial charge in [0.1, 0.15) is 11.5 Å². The van der Waals surface area contributed by atoms with Crippen LogP contribution in [-0.4, -0.2) is 11.1 Å². The molecule has 0 radical (unpaired) electrons. The van der Waals surface area contributed by atoms with Crippen molar-refractivity contribution in [2.24, 2.45) is 0 Å². The Bertz CT molecular complexity index is 735. The smallest absolute Gasteiger partial charge is 0.343 e. The van der Waals surface area contributed by atoms with E-state index in [1.807, 2.05) is 31.2 Å². The van der Waals surface area contributed by atoms with Gasteiger partial charge in [0.25, 0.3) is 0 Å². The summed E-state index contributed by atoms with van der Waals surface area (Å²) in [7, 11) is 0. The molecule has 0 saturated heterocycles. The lowest BCUT2D eigenvalue weighted by Gasteiger charge is -2.01. The van der Waals surface area contributed by atoms with Crippen molar-refractivity contribution in [1.82, 2.24) is 0 Å². The molecule has 3 heteroatoms. The number of phenolic OH excluding ortho intramolecular Hbond substituents is 1. The van der Waals surface area contributed by atoms with Crippen LogP contribution in [0.3, 0.4) is 0 Å². The first kappa shape index (κ1) is 13.2. The third-order valence-corrected chi connectivity index (χ3v) is 3.28. The van der Waals surface area contributed by atoms with E-state index in [4.69, 9.17) is 4.74 Å². The largest absolute Gasteiger partial charge is 0.508 e. The fourth-order valence-electron chi connectivity index (χ4n) is 2.10. The van der Waals surface area contributed by atoms with Crippen LogP contribution in [0.5, 0.6) is 5.75 Å². The number of carbonyl (C=O) groups is 1. The number of aryl methyl sites for hydroxylation is 1. The third kappa shape index (κ3) is 2.87. The summed E-state index contributed by atoms with van der Waals surface area (Å²) in [6, 6.07) is 14.5. The summed E-state index contributed by atoms with van der Waals surface area (Å²) in [4.78, 5) is 11.9. The van der Waals surface area contributed by atoms with Gasteiger partial charge in [-0.25, -0.2) is 4.79 Å². The van der Waals surface area contributed by atoms with E-state index >= 15 is 0 Å². The fraction of sp³-hybridized carbons (Fsp3) is 0.0556. The second-order valence-corrected chi connectivity index (χ2v) is 4.96. The maximum Gasteiger partial charge on any atom is 0.343 e. The Kier molecular flexibility index (Phi) is 3.32. The number of aromatic hydroxyl groups is 1. The number of hydrogen-bond acceptors (Lipinski definition) is 3. The van der Waals surface area contributed by atoms with E-state index in [1.165, 1.54) is 0 Å². The van der Waals surface area contributed by atoms with Crippen LogP contribution in [0.1, 0.15) is 16.7 Å². The van der Waals surface area contributed by atoms with Crippen LogP contribution in [0.2, 0.25) is 0 Å². The maximum atomic E-state index is 11.9. The highest BCUT2D eigenvalue weighted by molar-refractivity contribution is 6.05. The average molecular weight is 278 g/mol. The zero-order valence-electron chi connectivity index (χ0n) is 11.5. The van der Waals surface area contributed by atoms with Gasteiger partial charge in [0.15, 0.2) is 0 Å². The molecule has 2 aromatic carbocycles. The molecule has 0 spiro atoms. The summed E-state index contributed by atoms with van der Waals surface area (Å²) < 4.78 is 5.30. The third-order valence-electron chi connectivity index (χ3n) is 3.28. The molecule has 3 rings (SSSR count). The van der Waals surface area contributed by atoms with Gasteiger partial charge in [0.2, 0.25) is 0 Å². The van der Waals surface area contributed by atoms with Crippen molar-refractivity contribution >= 4 is 17.8 Å². The minimum atomic E-state index is -0.362. The number of ether oxygens (including phenoxy) is 1. The van der Waals surface area contributed by atoms with Gasteiger partial charge in [-0.05, 0) is 36.8 Å². The lowest BCUT2D eigenvalue weighted by Crippen LogP contribution is -1.97. The Morgan fingerprint density at radius 1 is 1.00 bits per heavy atom. The first-order valence-corrected chi connectivity index (χ1v) is 6.63. The molecule has 0 saturated carbocycles. The molecule has 0 amide bonds. The van der Waals surface area contributed by atoms with Gasteiger partial charge in [-0.1, -0.05) is 42.0 Å². The SMILES string of the molecule is Cc1ccc(C2=C/C(=C/c3ccc(O)cc3)C(=O)O2)cc1. The summed E-state index contributed by atoms with van der Waals surface area (Å²) in [6.07, 6.45) is 3.48. The van der Waals surface area contributed by atoms with Crippen LogP contribution in [0.15, 0.2) is 60.2 Å². The molecule has 0 aliphatic carbocycles. The Morgan fingerprint density at radius 3 is 2.33 bits per heavy atom. The molecule has 104 valence electrons. The van der Waals surface area contributed by atoms with E-state index in [0.29, 0.717) is 11.3 Å². The molecular formula is C18H14O3. The lowest BCUT2D eigenvalue weighted by molar-refractivity contribution is -0.130. The Labute approximate surface area is 122 Å². The zero-order chi connectivity index (χ0) is 14.8. The molecule has 0 unspecified atom stereocenters. The van der Waals surface area contributed by atoms with E-state index in [0.717, 1.165) is 16.7 Å². The second-order valence-electron chi connectivity index (χ2n) is 4.96. The van der Waals surface area contributed by atoms with Crippen molar-refractivity contribution in [3.05, 3.63) is 76.9 Å². The second kappa shape index (κ2) is 5.29. The quantitative estimate of drug-likeness (QED) is 0.673. The van der Waals surface area contributed by atoms with Crippen LogP contribution in [-0.2, 0) is 9.53 Å². The zero-order valence-corrected chi connectivity index (χ0v) is 11.5. The van der Waals surface area contributed by atoms with Gasteiger partial charge in [-0.2, -0.15) is 0 Å². The molecule has 21 heavy (non-hydrogen) atoms. The predicted molar refractivity (Wildman–Crippen MR) is 81.3 cm³/mol. The summed E-state index contributed by atoms with van der Waals surface area (Å²) in [5.41, 5.74) is 3.36. The van der Waals surface area contributed by atoms with Gasteiger partial charge in [-0.3, -0.25) is 0 Å². The molecule has 1 aliphatic heterocycles. The Hall–Kier alpha value is -2.81. The normalized spacial score (nSPS) is 16.0. The number of carbonyl (C=O) groups excluding carboxylic acids is 1. The molecule has 1 N–H and O–H groups in total. The van der Waals surface area contributed by atoms with Crippen LogP contribution >= 0.6 is 0 Å². The fourth-order valence-corrected chi connectivity index (χ4v) is 2.10. The topological polar surface area (TPSA) is 46.5 Å². The van der Waals surface area contributed by atoms with Crippen LogP contribution in [0.25, 0.3) is 11.8 Å². The highest BCUT2D eigenvalue weighted by Gasteiger charge is 2.21. The minimum Gasteiger partial charge on any atom is -0.508 e. The number of esters is 1. The maximum absolute atomic E-state index is 11.9. The van der Waals surface area contributed by atoms with Crippen molar-refractivity contribution in [3.8, 4) is 5.75 Å². The average Bonchev–Trinajstić information content (AvgIpc) is 2.83. The standard InChI is InChI=1S/C18H14O3/c1-12-2-6-14(7-3-12)17-11-15(18(20)21-17)10-13-4-8-16(19)9-5-13/h2-11,19H,1H3/b15-10-. The summed E-state index contributed by atoms with van der Waals surface area (Å²) in [6.45, 7) is 2.01. The Balaban J connectivity index is 1.91. The van der Waals surface area contributed by atoms with Crippen LogP contribution in [0, 0.1) is 6.92 Å². The predicted octanol–water partition coefficient (Wildman–Crippen LogP) is 3.68. The Morgan fingerprint density at radius 2 is 1.67 bits per heavy atom. The number of benzene rings is 2. The van der Waals surface area contributed by atoms with Gasteiger partial charge in [0.05, 0.1) is 5.57 Å². The number of hydrogen-bond donors (Lipinski definition) is 1. The van der Waals surface area contributed by atoms with Crippen molar-refractivity contribution in [2.45, 2.75) is 6.92 Å². The van der Waals surface area contributed by atoms with E-state index in [1.54, 1.807) is 36.4 Å². The monoisotopic (exact) mass is 278 g/mol. The van der Waals surface area contributed by atoms with Crippen LogP contribution in [0.4, 0.5) is 0 Å². The van der Waals surface area contributed by atoms with Crippen molar-refractivity contribution in [1.29, 1.82) is 0 Å². The molecule has 0 fully saturated rings. The molecule has 1 aliphatic rings. The molecule has 0 bridgehead atoms. The molecule has 0 aromatic heterocycles. The first-order chi connectivity index (χ1) is 10.1. The minimum absolute atomic E-state index is 0.196. The van der Waals surface area contributed by atoms with Crippen molar-refractivity contribution in [2.75, 3.05) is 0 Å². The molecule has 3 nitrogen and oxygen atoms in total. The van der Waals surface area contributed by atoms with E-state index in [2.05, 4.69) is 0 Å². The van der Waals surface area contributed by atoms with E-state index in [-0.39, 0.29) is 11.7 Å². The number of phenols is 1. The number of cyclic esters (lactones) is 1. The summed E-state index contributed by atoms with van der Waals surface area (Å²) in [5, 5.41) is 9.26. The van der Waals surface area contributed by atoms with Gasteiger partial charge >= 0.3 is 5.97 Å². The summed E-state index contributed by atoms with van der Waals surface area (Å²) in [5.74, 6) is 0.394. The van der Waals surface area contributed by atoms with Gasteiger partial charge < -0.3 is 9.84 Å². The summed E-state index contributed by atoms with van der Waals surface area (Å²) >= 11 is 0. The van der Waals surface area contributed by atoms with Crippen molar-refractivity contribution < 1.29 is 14.6 Å². The van der Waals surface area contributed by atoms with E-state index in [9.17, 15) is 9.90 Å². The van der Waals surface area contributed by atoms with Gasteiger partial charge in [0, 0.05) is 5.56 Å². The molecule has 2 aromatic rings. The highest BCUT2D eigenvalue weighted by atomic mass is 16.5. The van der Waals surface area contributed by atoms with Crippen LogP contribution < -0.4 is 0 Å². The van der Waals surface area contributed by atoms with Gasteiger partial charge in [-0.15, -0.1) is 0 Å².